The molecule has 0 radical (unpaired) electrons. The van der Waals surface area contributed by atoms with Gasteiger partial charge in [0.15, 0.2) is 0 Å². The molecule has 0 aromatic heterocycles. The van der Waals surface area contributed by atoms with Gasteiger partial charge in [0.2, 0.25) is 17.7 Å². The van der Waals surface area contributed by atoms with E-state index in [1.54, 1.807) is 0 Å². The predicted octanol–water partition coefficient (Wildman–Crippen LogP) is 1.99. The summed E-state index contributed by atoms with van der Waals surface area (Å²) in [6.07, 6.45) is 5.42. The number of anilines is 1. The molecule has 3 amide bonds. The van der Waals surface area contributed by atoms with Crippen LogP contribution in [0.1, 0.15) is 12.0 Å². The minimum Gasteiger partial charge on any atom is -0.325 e. The van der Waals surface area contributed by atoms with Crippen LogP contribution in [-0.4, -0.2) is 29.2 Å². The predicted molar refractivity (Wildman–Crippen MR) is 91.2 cm³/mol. The summed E-state index contributed by atoms with van der Waals surface area (Å²) in [5.74, 6) is 0.441. The van der Waals surface area contributed by atoms with Crippen molar-refractivity contribution in [2.24, 2.45) is 35.5 Å². The monoisotopic (exact) mass is 336 g/mol. The zero-order chi connectivity index (χ0) is 17.3. The molecule has 5 heteroatoms. The van der Waals surface area contributed by atoms with Crippen LogP contribution in [0.5, 0.6) is 0 Å². The van der Waals surface area contributed by atoms with Gasteiger partial charge in [-0.2, -0.15) is 0 Å². The molecule has 0 spiro atoms. The lowest BCUT2D eigenvalue weighted by Gasteiger charge is -2.37. The number of carbonyl (C=O) groups is 3. The SMILES string of the molecule is Cc1ccc(NC(=O)CN2C(=O)[C@@H]3[C@H]4C=C[C@@H]([C@@H]5C[C@@H]45)[C@H]3C2=O)cc1. The van der Waals surface area contributed by atoms with Crippen molar-refractivity contribution in [3.05, 3.63) is 42.0 Å². The van der Waals surface area contributed by atoms with Gasteiger partial charge < -0.3 is 5.32 Å². The number of likely N-dealkylation sites (tertiary alicyclic amines) is 1. The second-order valence-electron chi connectivity index (χ2n) is 7.83. The first-order valence-electron chi connectivity index (χ1n) is 8.94. The summed E-state index contributed by atoms with van der Waals surface area (Å²) in [5.41, 5.74) is 1.78. The van der Waals surface area contributed by atoms with E-state index in [2.05, 4.69) is 17.5 Å². The summed E-state index contributed by atoms with van der Waals surface area (Å²) in [6.45, 7) is 1.79. The molecule has 1 saturated heterocycles. The van der Waals surface area contributed by atoms with Crippen molar-refractivity contribution in [3.63, 3.8) is 0 Å². The van der Waals surface area contributed by atoms with E-state index in [9.17, 15) is 14.4 Å². The number of carbonyl (C=O) groups excluding carboxylic acids is 3. The lowest BCUT2D eigenvalue weighted by atomic mass is 9.63. The number of rotatable bonds is 3. The van der Waals surface area contributed by atoms with Crippen molar-refractivity contribution >= 4 is 23.4 Å². The largest absolute Gasteiger partial charge is 0.325 e. The fourth-order valence-electron chi connectivity index (χ4n) is 5.16. The van der Waals surface area contributed by atoms with Gasteiger partial charge in [0.1, 0.15) is 6.54 Å². The number of benzene rings is 1. The van der Waals surface area contributed by atoms with Gasteiger partial charge in [-0.3, -0.25) is 19.3 Å². The number of hydrogen-bond acceptors (Lipinski definition) is 3. The normalized spacial score (nSPS) is 37.1. The molecule has 1 N–H and O–H groups in total. The third-order valence-electron chi connectivity index (χ3n) is 6.39. The van der Waals surface area contributed by atoms with Crippen LogP contribution >= 0.6 is 0 Å². The summed E-state index contributed by atoms with van der Waals surface area (Å²) < 4.78 is 0. The third kappa shape index (κ3) is 2.11. The Hall–Kier alpha value is -2.43. The topological polar surface area (TPSA) is 66.5 Å². The highest BCUT2D eigenvalue weighted by atomic mass is 16.2. The van der Waals surface area contributed by atoms with Crippen molar-refractivity contribution < 1.29 is 14.4 Å². The Morgan fingerprint density at radius 3 is 2.16 bits per heavy atom. The number of amides is 3. The van der Waals surface area contributed by atoms with Crippen molar-refractivity contribution in [2.75, 3.05) is 11.9 Å². The van der Waals surface area contributed by atoms with E-state index in [0.717, 1.165) is 12.0 Å². The third-order valence-corrected chi connectivity index (χ3v) is 6.39. The maximum absolute atomic E-state index is 12.8. The smallest absolute Gasteiger partial charge is 0.244 e. The molecule has 0 unspecified atom stereocenters. The summed E-state index contributed by atoms with van der Waals surface area (Å²) in [5, 5.41) is 2.77. The van der Waals surface area contributed by atoms with Gasteiger partial charge in [0.05, 0.1) is 11.8 Å². The molecule has 3 fully saturated rings. The van der Waals surface area contributed by atoms with Gasteiger partial charge >= 0.3 is 0 Å². The quantitative estimate of drug-likeness (QED) is 0.678. The van der Waals surface area contributed by atoms with Crippen molar-refractivity contribution in [1.29, 1.82) is 0 Å². The van der Waals surface area contributed by atoms with Crippen molar-refractivity contribution in [2.45, 2.75) is 13.3 Å². The van der Waals surface area contributed by atoms with Gasteiger partial charge in [0.25, 0.3) is 0 Å². The van der Waals surface area contributed by atoms with Crippen LogP contribution in [0.15, 0.2) is 36.4 Å². The number of hydrogen-bond donors (Lipinski definition) is 1. The summed E-state index contributed by atoms with van der Waals surface area (Å²) >= 11 is 0. The molecule has 1 aromatic rings. The van der Waals surface area contributed by atoms with Gasteiger partial charge in [-0.1, -0.05) is 29.8 Å². The average Bonchev–Trinajstić information content (AvgIpc) is 3.38. The highest BCUT2D eigenvalue weighted by molar-refractivity contribution is 6.09. The molecule has 4 aliphatic carbocycles. The number of imide groups is 1. The van der Waals surface area contributed by atoms with Gasteiger partial charge in [-0.15, -0.1) is 0 Å². The van der Waals surface area contributed by atoms with Crippen LogP contribution < -0.4 is 5.32 Å². The van der Waals surface area contributed by atoms with Gasteiger partial charge in [0, 0.05) is 5.69 Å². The molecule has 5 aliphatic rings. The fourth-order valence-corrected chi connectivity index (χ4v) is 5.16. The van der Waals surface area contributed by atoms with E-state index >= 15 is 0 Å². The molecule has 1 aliphatic heterocycles. The molecular weight excluding hydrogens is 316 g/mol. The summed E-state index contributed by atoms with van der Waals surface area (Å²) in [4.78, 5) is 39.2. The van der Waals surface area contributed by atoms with Crippen LogP contribution in [-0.2, 0) is 14.4 Å². The van der Waals surface area contributed by atoms with Crippen LogP contribution in [0.2, 0.25) is 0 Å². The van der Waals surface area contributed by atoms with Crippen LogP contribution in [0.3, 0.4) is 0 Å². The van der Waals surface area contributed by atoms with E-state index in [1.165, 1.54) is 4.90 Å². The van der Waals surface area contributed by atoms with E-state index in [0.29, 0.717) is 17.5 Å². The summed E-state index contributed by atoms with van der Waals surface area (Å²) in [7, 11) is 0. The molecule has 5 nitrogen and oxygen atoms in total. The van der Waals surface area contributed by atoms with Crippen molar-refractivity contribution in [1.82, 2.24) is 4.90 Å². The number of aryl methyl sites for hydroxylation is 1. The molecule has 128 valence electrons. The molecule has 1 heterocycles. The standard InChI is InChI=1S/C20H20N2O3/c1-10-2-4-11(5-3-10)21-16(23)9-22-19(24)17-12-6-7-13(15-8-14(12)15)18(17)20(22)25/h2-7,12-15,17-18H,8-9H2,1H3,(H,21,23)/t12-,13-,14-,15-,17+,18+/m0/s1. The van der Waals surface area contributed by atoms with Crippen LogP contribution in [0.4, 0.5) is 5.69 Å². The Bertz CT molecular complexity index is 777. The molecule has 1 aromatic carbocycles. The minimum atomic E-state index is -0.324. The maximum Gasteiger partial charge on any atom is 0.244 e. The van der Waals surface area contributed by atoms with E-state index in [-0.39, 0.29) is 47.9 Å². The van der Waals surface area contributed by atoms with Gasteiger partial charge in [-0.05, 0) is 49.1 Å². The fraction of sp³-hybridized carbons (Fsp3) is 0.450. The first-order valence-corrected chi connectivity index (χ1v) is 8.94. The first kappa shape index (κ1) is 14.9. The second-order valence-corrected chi connectivity index (χ2v) is 7.83. The zero-order valence-electron chi connectivity index (χ0n) is 14.0. The summed E-state index contributed by atoms with van der Waals surface area (Å²) in [6, 6.07) is 7.45. The Morgan fingerprint density at radius 1 is 1.04 bits per heavy atom. The molecule has 25 heavy (non-hydrogen) atoms. The molecule has 6 rings (SSSR count). The molecule has 2 bridgehead atoms. The van der Waals surface area contributed by atoms with Crippen molar-refractivity contribution in [3.8, 4) is 0 Å². The Kier molecular flexibility index (Phi) is 3.00. The van der Waals surface area contributed by atoms with Gasteiger partial charge in [-0.25, -0.2) is 0 Å². The molecule has 6 atom stereocenters. The lowest BCUT2D eigenvalue weighted by molar-refractivity contribution is -0.142. The zero-order valence-corrected chi connectivity index (χ0v) is 14.0. The van der Waals surface area contributed by atoms with E-state index < -0.39 is 0 Å². The first-order chi connectivity index (χ1) is 12.0. The number of nitrogens with zero attached hydrogens (tertiary/aromatic N) is 1. The second kappa shape index (κ2) is 5.04. The van der Waals surface area contributed by atoms with Crippen LogP contribution in [0, 0.1) is 42.4 Å². The molecular formula is C20H20N2O3. The van der Waals surface area contributed by atoms with E-state index in [4.69, 9.17) is 0 Å². The average molecular weight is 336 g/mol. The molecule has 2 saturated carbocycles. The van der Waals surface area contributed by atoms with Crippen LogP contribution in [0.25, 0.3) is 0 Å². The maximum atomic E-state index is 12.8. The minimum absolute atomic E-state index is 0.154. The number of nitrogens with one attached hydrogen (secondary N) is 1. The highest BCUT2D eigenvalue weighted by Crippen LogP contribution is 2.65. The van der Waals surface area contributed by atoms with E-state index in [1.807, 2.05) is 31.2 Å². The Balaban J connectivity index is 1.32. The highest BCUT2D eigenvalue weighted by Gasteiger charge is 2.67. The number of allylic oxidation sites excluding steroid dienone is 2. The Labute approximate surface area is 146 Å². The Morgan fingerprint density at radius 2 is 1.60 bits per heavy atom. The lowest BCUT2D eigenvalue weighted by Crippen LogP contribution is -2.40.